The predicted molar refractivity (Wildman–Crippen MR) is 164 cm³/mol. The van der Waals surface area contributed by atoms with E-state index in [1.807, 2.05) is 53.1 Å². The smallest absolute Gasteiger partial charge is 0.337 e. The maximum absolute atomic E-state index is 13.1. The highest BCUT2D eigenvalue weighted by Gasteiger charge is 2.56. The largest absolute Gasteiger partial charge is 0.467 e. The number of barbiturate groups is 1. The minimum atomic E-state index is -2.24. The van der Waals surface area contributed by atoms with Crippen molar-refractivity contribution in [1.82, 2.24) is 10.6 Å². The molecule has 2 N–H and O–H groups in total. The molecule has 0 aromatic heterocycles. The van der Waals surface area contributed by atoms with Crippen LogP contribution in [0.3, 0.4) is 0 Å². The molecule has 0 aromatic rings. The number of methoxy groups -OCH3 is 1. The summed E-state index contributed by atoms with van der Waals surface area (Å²) < 4.78 is 38.1. The van der Waals surface area contributed by atoms with Crippen LogP contribution in [-0.2, 0) is 41.9 Å². The first-order chi connectivity index (χ1) is 18.9. The van der Waals surface area contributed by atoms with Crippen LogP contribution in [-0.4, -0.2) is 92.2 Å². The average Bonchev–Trinajstić information content (AvgIpc) is 2.79. The molecule has 2 rings (SSSR count). The van der Waals surface area contributed by atoms with Gasteiger partial charge in [-0.3, -0.25) is 20.2 Å². The Labute approximate surface area is 253 Å². The molecule has 2 aliphatic heterocycles. The number of rotatable bonds is 13. The van der Waals surface area contributed by atoms with Gasteiger partial charge in [-0.2, -0.15) is 0 Å². The second-order valence-corrected chi connectivity index (χ2v) is 28.0. The summed E-state index contributed by atoms with van der Waals surface area (Å²) in [5, 5.41) is 4.42. The summed E-state index contributed by atoms with van der Waals surface area (Å²) >= 11 is 0. The van der Waals surface area contributed by atoms with Crippen molar-refractivity contribution in [3.8, 4) is 0 Å². The fraction of sp³-hybridized carbons (Fsp3) is 0.852. The first kappa shape index (κ1) is 36.7. The van der Waals surface area contributed by atoms with Gasteiger partial charge in [-0.1, -0.05) is 6.92 Å². The van der Waals surface area contributed by atoms with E-state index in [9.17, 15) is 19.2 Å². The van der Waals surface area contributed by atoms with E-state index in [-0.39, 0.29) is 19.3 Å². The molecule has 15 heteroatoms. The molecular weight excluding hydrogens is 597 g/mol. The Bertz CT molecular complexity index is 999. The van der Waals surface area contributed by atoms with Crippen molar-refractivity contribution < 1.29 is 46.7 Å². The highest BCUT2D eigenvalue weighted by Crippen LogP contribution is 2.39. The molecule has 0 aliphatic carbocycles. The number of nitrogens with one attached hydrogen (secondary N) is 2. The van der Waals surface area contributed by atoms with Crippen molar-refractivity contribution in [2.75, 3.05) is 7.11 Å². The van der Waals surface area contributed by atoms with E-state index in [0.29, 0.717) is 0 Å². The van der Waals surface area contributed by atoms with Gasteiger partial charge < -0.3 is 27.5 Å². The van der Waals surface area contributed by atoms with Gasteiger partial charge in [-0.15, -0.1) is 0 Å². The lowest BCUT2D eigenvalue weighted by molar-refractivity contribution is -0.309. The maximum atomic E-state index is 13.1. The fourth-order valence-electron chi connectivity index (χ4n) is 5.02. The average molecular weight is 649 g/mol. The normalized spacial score (nSPS) is 27.4. The molecule has 242 valence electrons. The molecule has 4 amide bonds. The third kappa shape index (κ3) is 9.77. The number of carbonyl (C=O) groups excluding carboxylic acids is 4. The summed E-state index contributed by atoms with van der Waals surface area (Å²) in [4.78, 5) is 50.4. The van der Waals surface area contributed by atoms with Crippen molar-refractivity contribution in [2.45, 2.75) is 135 Å². The van der Waals surface area contributed by atoms with Crippen molar-refractivity contribution in [1.29, 1.82) is 0 Å². The molecule has 0 aromatic carbocycles. The van der Waals surface area contributed by atoms with Crippen molar-refractivity contribution in [3.63, 3.8) is 0 Å². The van der Waals surface area contributed by atoms with Crippen LogP contribution in [0.25, 0.3) is 0 Å². The molecular formula is C27H52N2O10Si3. The first-order valence-electron chi connectivity index (χ1n) is 14.5. The van der Waals surface area contributed by atoms with E-state index >= 15 is 0 Å². The minimum absolute atomic E-state index is 0.115. The quantitative estimate of drug-likeness (QED) is 0.171. The monoisotopic (exact) mass is 648 g/mol. The van der Waals surface area contributed by atoms with E-state index < -0.39 is 90.5 Å². The summed E-state index contributed by atoms with van der Waals surface area (Å²) in [6.07, 6.45) is -3.81. The van der Waals surface area contributed by atoms with Gasteiger partial charge >= 0.3 is 12.0 Å². The number of hydrogen-bond acceptors (Lipinski definition) is 10. The van der Waals surface area contributed by atoms with Gasteiger partial charge in [0.2, 0.25) is 11.8 Å². The number of amides is 4. The number of hydrogen-bond donors (Lipinski definition) is 2. The lowest BCUT2D eigenvalue weighted by Gasteiger charge is -2.51. The molecule has 12 nitrogen and oxygen atoms in total. The summed E-state index contributed by atoms with van der Waals surface area (Å²) in [7, 11) is -5.38. The van der Waals surface area contributed by atoms with E-state index in [0.717, 1.165) is 0 Å². The van der Waals surface area contributed by atoms with Gasteiger partial charge in [0.15, 0.2) is 37.3 Å². The second kappa shape index (κ2) is 13.3. The van der Waals surface area contributed by atoms with E-state index in [4.69, 9.17) is 27.5 Å². The molecule has 2 fully saturated rings. The van der Waals surface area contributed by atoms with Crippen LogP contribution in [0.15, 0.2) is 0 Å². The molecule has 2 aliphatic rings. The summed E-state index contributed by atoms with van der Waals surface area (Å²) in [6, 6.07) is -0.830. The van der Waals surface area contributed by atoms with Crippen LogP contribution in [0.1, 0.15) is 40.0 Å². The molecule has 0 saturated carbocycles. The summed E-state index contributed by atoms with van der Waals surface area (Å²) in [6.45, 7) is 23.8. The number of ether oxygens (including phenoxy) is 3. The molecule has 0 radical (unpaired) electrons. The Morgan fingerprint density at radius 3 is 1.71 bits per heavy atom. The second-order valence-electron chi connectivity index (χ2n) is 14.6. The molecule has 2 saturated heterocycles. The molecule has 2 heterocycles. The molecule has 0 unspecified atom stereocenters. The minimum Gasteiger partial charge on any atom is -0.467 e. The van der Waals surface area contributed by atoms with Crippen LogP contribution in [0, 0.1) is 5.41 Å². The van der Waals surface area contributed by atoms with Gasteiger partial charge in [0.05, 0.1) is 12.7 Å². The highest BCUT2D eigenvalue weighted by atomic mass is 28.4. The lowest BCUT2D eigenvalue weighted by atomic mass is 9.75. The Morgan fingerprint density at radius 2 is 1.29 bits per heavy atom. The highest BCUT2D eigenvalue weighted by molar-refractivity contribution is 6.70. The fourth-order valence-corrected chi connectivity index (χ4v) is 8.24. The zero-order chi connectivity index (χ0) is 32.5. The van der Waals surface area contributed by atoms with Crippen molar-refractivity contribution in [2.24, 2.45) is 5.41 Å². The van der Waals surface area contributed by atoms with E-state index in [2.05, 4.69) is 30.3 Å². The lowest BCUT2D eigenvalue weighted by Crippen LogP contribution is -2.67. The number of esters is 1. The standard InChI is InChI=1S/C27H52N2O10Si3/c1-14-27(23(31)28-25(33)29-24(27)32)16-15-26(2,3)36-22-20(39-42(11,12)13)18(38-41(8,9)10)17(37-40(5,6)7)19(35-22)21(30)34-4/h17-20,22H,14-16H2,1-13H3,(H2,28,29,31,32,33)/t17-,18-,19-,20+,22-/m0/s1. The van der Waals surface area contributed by atoms with Crippen LogP contribution in [0.4, 0.5) is 4.79 Å². The molecule has 0 bridgehead atoms. The van der Waals surface area contributed by atoms with Crippen LogP contribution in [0.5, 0.6) is 0 Å². The Morgan fingerprint density at radius 1 is 0.833 bits per heavy atom. The Balaban J connectivity index is 2.50. The SMILES string of the molecule is CCC1(CCC(C)(C)O[C@@H]2O[C@H](C(=O)OC)[C@@H](O[Si](C)(C)C)[C@H](O[Si](C)(C)C)[C@H]2O[Si](C)(C)C)C(=O)NC(=O)NC1=O. The van der Waals surface area contributed by atoms with Crippen molar-refractivity contribution >= 4 is 48.8 Å². The Hall–Kier alpha value is -1.47. The maximum Gasteiger partial charge on any atom is 0.337 e. The van der Waals surface area contributed by atoms with Crippen LogP contribution >= 0.6 is 0 Å². The van der Waals surface area contributed by atoms with Gasteiger partial charge in [0, 0.05) is 0 Å². The molecule has 5 atom stereocenters. The third-order valence-electron chi connectivity index (χ3n) is 6.91. The number of carbonyl (C=O) groups is 4. The number of urea groups is 1. The molecule has 0 spiro atoms. The van der Waals surface area contributed by atoms with Crippen LogP contribution < -0.4 is 10.6 Å². The summed E-state index contributed by atoms with van der Waals surface area (Å²) in [5.74, 6) is -1.88. The number of imide groups is 2. The zero-order valence-corrected chi connectivity index (χ0v) is 30.6. The van der Waals surface area contributed by atoms with E-state index in [1.165, 1.54) is 7.11 Å². The van der Waals surface area contributed by atoms with Gasteiger partial charge in [0.1, 0.15) is 23.7 Å². The first-order valence-corrected chi connectivity index (χ1v) is 24.8. The van der Waals surface area contributed by atoms with E-state index in [1.54, 1.807) is 6.92 Å². The van der Waals surface area contributed by atoms with Gasteiger partial charge in [-0.05, 0) is 92.0 Å². The Kier molecular flexibility index (Phi) is 11.6. The summed E-state index contributed by atoms with van der Waals surface area (Å²) in [5.41, 5.74) is -2.38. The zero-order valence-electron chi connectivity index (χ0n) is 27.6. The van der Waals surface area contributed by atoms with Gasteiger partial charge in [0.25, 0.3) is 0 Å². The molecule has 42 heavy (non-hydrogen) atoms. The van der Waals surface area contributed by atoms with Gasteiger partial charge in [-0.25, -0.2) is 9.59 Å². The van der Waals surface area contributed by atoms with Crippen LogP contribution in [0.2, 0.25) is 58.9 Å². The topological polar surface area (TPSA) is 148 Å². The van der Waals surface area contributed by atoms with Crippen molar-refractivity contribution in [3.05, 3.63) is 0 Å². The third-order valence-corrected chi connectivity index (χ3v) is 9.85. The predicted octanol–water partition coefficient (Wildman–Crippen LogP) is 3.88.